The van der Waals surface area contributed by atoms with Crippen molar-refractivity contribution in [3.05, 3.63) is 59.9 Å². The minimum atomic E-state index is -0.502. The van der Waals surface area contributed by atoms with Crippen molar-refractivity contribution in [3.63, 3.8) is 0 Å². The zero-order valence-electron chi connectivity index (χ0n) is 15.3. The summed E-state index contributed by atoms with van der Waals surface area (Å²) in [5, 5.41) is 6.10. The summed E-state index contributed by atoms with van der Waals surface area (Å²) < 4.78 is 5.25. The molecule has 0 atom stereocenters. The number of rotatable bonds is 5. The number of fused-ring (bicyclic) bond motifs is 1. The quantitative estimate of drug-likeness (QED) is 0.643. The first kappa shape index (κ1) is 17.8. The van der Waals surface area contributed by atoms with Crippen LogP contribution in [-0.2, 0) is 17.8 Å². The van der Waals surface area contributed by atoms with Gasteiger partial charge in [-0.05, 0) is 50.6 Å². The van der Waals surface area contributed by atoms with E-state index in [-0.39, 0.29) is 0 Å². The van der Waals surface area contributed by atoms with Crippen molar-refractivity contribution in [1.82, 2.24) is 15.3 Å². The minimum absolute atomic E-state index is 0.404. The van der Waals surface area contributed by atoms with E-state index in [0.717, 1.165) is 28.1 Å². The Labute approximate surface area is 153 Å². The van der Waals surface area contributed by atoms with Gasteiger partial charge in [-0.2, -0.15) is 0 Å². The lowest BCUT2D eigenvalue weighted by Gasteiger charge is -2.19. The number of ether oxygens (including phenoxy) is 1. The summed E-state index contributed by atoms with van der Waals surface area (Å²) in [7, 11) is 0. The third-order valence-corrected chi connectivity index (χ3v) is 3.66. The standard InChI is InChI=1S/C20H24N4O2/c1-20(2,3)26-19(25)22-12-14-9-10-16-17(11-14)24-18(23-16)13-21-15-7-5-4-6-8-15/h4-11,21H,12-13H2,1-3H3,(H,22,25)(H,23,24). The normalized spacial score (nSPS) is 11.3. The van der Waals surface area contributed by atoms with Crippen molar-refractivity contribution in [1.29, 1.82) is 0 Å². The zero-order valence-corrected chi connectivity index (χ0v) is 15.3. The maximum absolute atomic E-state index is 11.8. The summed E-state index contributed by atoms with van der Waals surface area (Å²) in [4.78, 5) is 19.7. The first-order chi connectivity index (χ1) is 12.4. The van der Waals surface area contributed by atoms with Gasteiger partial charge in [-0.15, -0.1) is 0 Å². The lowest BCUT2D eigenvalue weighted by molar-refractivity contribution is 0.0523. The van der Waals surface area contributed by atoms with Crippen LogP contribution >= 0.6 is 0 Å². The van der Waals surface area contributed by atoms with Gasteiger partial charge in [-0.25, -0.2) is 9.78 Å². The molecule has 0 aliphatic heterocycles. The van der Waals surface area contributed by atoms with Gasteiger partial charge in [-0.1, -0.05) is 24.3 Å². The van der Waals surface area contributed by atoms with Crippen LogP contribution in [0.2, 0.25) is 0 Å². The van der Waals surface area contributed by atoms with Crippen LogP contribution in [0.25, 0.3) is 11.0 Å². The predicted molar refractivity (Wildman–Crippen MR) is 103 cm³/mol. The molecule has 1 amide bonds. The van der Waals surface area contributed by atoms with E-state index in [2.05, 4.69) is 20.6 Å². The Bertz CT molecular complexity index is 882. The average molecular weight is 352 g/mol. The first-order valence-corrected chi connectivity index (χ1v) is 8.62. The smallest absolute Gasteiger partial charge is 0.407 e. The third kappa shape index (κ3) is 4.99. The molecule has 0 bridgehead atoms. The Morgan fingerprint density at radius 3 is 2.62 bits per heavy atom. The number of anilines is 1. The first-order valence-electron chi connectivity index (χ1n) is 8.62. The molecule has 0 aliphatic carbocycles. The number of nitrogens with one attached hydrogen (secondary N) is 3. The number of carbonyl (C=O) groups is 1. The van der Waals surface area contributed by atoms with Crippen molar-refractivity contribution in [2.45, 2.75) is 39.5 Å². The molecule has 0 unspecified atom stereocenters. The van der Waals surface area contributed by atoms with Crippen molar-refractivity contribution in [3.8, 4) is 0 Å². The number of nitrogens with zero attached hydrogens (tertiary/aromatic N) is 1. The van der Waals surface area contributed by atoms with Crippen LogP contribution in [0.3, 0.4) is 0 Å². The maximum Gasteiger partial charge on any atom is 0.407 e. The maximum atomic E-state index is 11.8. The van der Waals surface area contributed by atoms with Crippen LogP contribution in [0.4, 0.5) is 10.5 Å². The van der Waals surface area contributed by atoms with E-state index in [1.807, 2.05) is 69.3 Å². The highest BCUT2D eigenvalue weighted by molar-refractivity contribution is 5.76. The van der Waals surface area contributed by atoms with Crippen molar-refractivity contribution in [2.75, 3.05) is 5.32 Å². The fourth-order valence-electron chi connectivity index (χ4n) is 2.53. The Balaban J connectivity index is 1.61. The van der Waals surface area contributed by atoms with E-state index < -0.39 is 11.7 Å². The highest BCUT2D eigenvalue weighted by Crippen LogP contribution is 2.15. The molecule has 2 aromatic carbocycles. The molecule has 26 heavy (non-hydrogen) atoms. The second kappa shape index (κ2) is 7.47. The summed E-state index contributed by atoms with van der Waals surface area (Å²) in [6, 6.07) is 15.9. The molecule has 0 fully saturated rings. The van der Waals surface area contributed by atoms with Crippen LogP contribution in [0.5, 0.6) is 0 Å². The lowest BCUT2D eigenvalue weighted by Crippen LogP contribution is -2.32. The van der Waals surface area contributed by atoms with Crippen molar-refractivity contribution in [2.24, 2.45) is 0 Å². The molecule has 6 nitrogen and oxygen atoms in total. The van der Waals surface area contributed by atoms with E-state index >= 15 is 0 Å². The molecule has 3 N–H and O–H groups in total. The molecule has 3 aromatic rings. The molecule has 6 heteroatoms. The van der Waals surface area contributed by atoms with Gasteiger partial charge >= 0.3 is 6.09 Å². The van der Waals surface area contributed by atoms with Gasteiger partial charge < -0.3 is 20.4 Å². The van der Waals surface area contributed by atoms with Gasteiger partial charge in [0.25, 0.3) is 0 Å². The zero-order chi connectivity index (χ0) is 18.6. The van der Waals surface area contributed by atoms with E-state index in [9.17, 15) is 4.79 Å². The van der Waals surface area contributed by atoms with E-state index in [4.69, 9.17) is 4.74 Å². The van der Waals surface area contributed by atoms with Crippen molar-refractivity contribution >= 4 is 22.8 Å². The fraction of sp³-hybridized carbons (Fsp3) is 0.300. The molecule has 0 saturated carbocycles. The number of H-pyrrole nitrogens is 1. The number of aromatic nitrogens is 2. The van der Waals surface area contributed by atoms with Crippen LogP contribution < -0.4 is 10.6 Å². The molecule has 0 saturated heterocycles. The molecule has 3 rings (SSSR count). The average Bonchev–Trinajstić information content (AvgIpc) is 3.00. The predicted octanol–water partition coefficient (Wildman–Crippen LogP) is 4.20. The minimum Gasteiger partial charge on any atom is -0.444 e. The highest BCUT2D eigenvalue weighted by Gasteiger charge is 2.15. The number of benzene rings is 2. The summed E-state index contributed by atoms with van der Waals surface area (Å²) in [5.41, 5.74) is 3.37. The number of hydrogen-bond acceptors (Lipinski definition) is 4. The number of carbonyl (C=O) groups excluding carboxylic acids is 1. The Morgan fingerprint density at radius 1 is 1.12 bits per heavy atom. The Hall–Kier alpha value is -3.02. The van der Waals surface area contributed by atoms with Gasteiger partial charge in [0.1, 0.15) is 11.4 Å². The van der Waals surface area contributed by atoms with Gasteiger partial charge in [0.05, 0.1) is 17.6 Å². The topological polar surface area (TPSA) is 79.0 Å². The van der Waals surface area contributed by atoms with Gasteiger partial charge in [0.15, 0.2) is 0 Å². The van der Waals surface area contributed by atoms with Gasteiger partial charge in [0, 0.05) is 12.2 Å². The fourth-order valence-corrected chi connectivity index (χ4v) is 2.53. The van der Waals surface area contributed by atoms with Crippen LogP contribution in [0.15, 0.2) is 48.5 Å². The second-order valence-electron chi connectivity index (χ2n) is 7.11. The molecule has 136 valence electrons. The van der Waals surface area contributed by atoms with Crippen LogP contribution in [-0.4, -0.2) is 21.7 Å². The number of para-hydroxylation sites is 1. The van der Waals surface area contributed by atoms with E-state index in [1.165, 1.54) is 0 Å². The number of amides is 1. The van der Waals surface area contributed by atoms with E-state index in [0.29, 0.717) is 13.1 Å². The molecular weight excluding hydrogens is 328 g/mol. The third-order valence-electron chi connectivity index (χ3n) is 3.66. The number of aromatic amines is 1. The summed E-state index contributed by atoms with van der Waals surface area (Å²) >= 11 is 0. The highest BCUT2D eigenvalue weighted by atomic mass is 16.6. The molecule has 0 aliphatic rings. The molecule has 1 aromatic heterocycles. The van der Waals surface area contributed by atoms with Gasteiger partial charge in [-0.3, -0.25) is 0 Å². The summed E-state index contributed by atoms with van der Waals surface area (Å²) in [5.74, 6) is 0.862. The van der Waals surface area contributed by atoms with E-state index in [1.54, 1.807) is 0 Å². The summed E-state index contributed by atoms with van der Waals surface area (Å²) in [6.45, 7) is 6.54. The van der Waals surface area contributed by atoms with Gasteiger partial charge in [0.2, 0.25) is 0 Å². The molecule has 0 radical (unpaired) electrons. The monoisotopic (exact) mass is 352 g/mol. The van der Waals surface area contributed by atoms with Crippen LogP contribution in [0, 0.1) is 0 Å². The SMILES string of the molecule is CC(C)(C)OC(=O)NCc1ccc2nc(CNc3ccccc3)[nH]c2c1. The molecule has 1 heterocycles. The number of imidazole rings is 1. The number of alkyl carbamates (subject to hydrolysis) is 1. The summed E-state index contributed by atoms with van der Waals surface area (Å²) in [6.07, 6.45) is -0.421. The van der Waals surface area contributed by atoms with Crippen molar-refractivity contribution < 1.29 is 9.53 Å². The molecule has 0 spiro atoms. The largest absolute Gasteiger partial charge is 0.444 e. The second-order valence-corrected chi connectivity index (χ2v) is 7.11. The lowest BCUT2D eigenvalue weighted by atomic mass is 10.2. The van der Waals surface area contributed by atoms with Crippen LogP contribution in [0.1, 0.15) is 32.2 Å². The molecular formula is C20H24N4O2. The Morgan fingerprint density at radius 2 is 1.88 bits per heavy atom. The number of hydrogen-bond donors (Lipinski definition) is 3. The Kier molecular flexibility index (Phi) is 5.11.